The van der Waals surface area contributed by atoms with Gasteiger partial charge in [-0.1, -0.05) is 39.0 Å². The Kier molecular flexibility index (Phi) is 4.10. The van der Waals surface area contributed by atoms with Crippen molar-refractivity contribution in [1.82, 2.24) is 0 Å². The Morgan fingerprint density at radius 1 is 1.71 bits per heavy atom. The van der Waals surface area contributed by atoms with Crippen molar-refractivity contribution in [3.8, 4) is 0 Å². The van der Waals surface area contributed by atoms with Crippen LogP contribution in [0.15, 0.2) is 11.5 Å². The first-order chi connectivity index (χ1) is 3.31. The van der Waals surface area contributed by atoms with Gasteiger partial charge in [0.2, 0.25) is 0 Å². The van der Waals surface area contributed by atoms with Gasteiger partial charge in [0.05, 0.1) is 0 Å². The average Bonchev–Trinajstić information content (AvgIpc) is 1.68. The highest BCUT2D eigenvalue weighted by molar-refractivity contribution is 7.83. The first-order valence-corrected chi connectivity index (χ1v) is 3.07. The minimum absolute atomic E-state index is 0.664. The number of allylic oxidation sites excluding steroid dienone is 1. The molecule has 0 saturated carbocycles. The fourth-order valence-electron chi connectivity index (χ4n) is 0.270. The molecule has 0 saturated heterocycles. The zero-order chi connectivity index (χ0) is 5.70. The van der Waals surface area contributed by atoms with Gasteiger partial charge in [-0.05, 0) is 11.3 Å². The van der Waals surface area contributed by atoms with Gasteiger partial charge in [0.1, 0.15) is 0 Å². The van der Waals surface area contributed by atoms with Crippen LogP contribution in [-0.2, 0) is 0 Å². The lowest BCUT2D eigenvalue weighted by Crippen LogP contribution is -1.81. The van der Waals surface area contributed by atoms with E-state index in [1.54, 1.807) is 5.41 Å². The molecule has 0 nitrogen and oxygen atoms in total. The van der Waals surface area contributed by atoms with Crippen LogP contribution in [0.2, 0.25) is 0 Å². The SMILES string of the molecule is CCC(C)/C=C/[S]. The van der Waals surface area contributed by atoms with Gasteiger partial charge in [-0.25, -0.2) is 0 Å². The summed E-state index contributed by atoms with van der Waals surface area (Å²) in [4.78, 5) is 0. The van der Waals surface area contributed by atoms with Crippen molar-refractivity contribution >= 4 is 12.6 Å². The molecule has 0 N–H and O–H groups in total. The number of hydrogen-bond donors (Lipinski definition) is 0. The highest BCUT2D eigenvalue weighted by atomic mass is 32.1. The molecular formula is C6H11S. The van der Waals surface area contributed by atoms with Gasteiger partial charge in [0.25, 0.3) is 0 Å². The lowest BCUT2D eigenvalue weighted by Gasteiger charge is -1.95. The van der Waals surface area contributed by atoms with Gasteiger partial charge < -0.3 is 0 Å². The maximum atomic E-state index is 4.61. The molecule has 0 aliphatic heterocycles. The van der Waals surface area contributed by atoms with E-state index in [1.165, 1.54) is 6.42 Å². The molecule has 0 rings (SSSR count). The van der Waals surface area contributed by atoms with E-state index < -0.39 is 0 Å². The Labute approximate surface area is 51.0 Å². The smallest absolute Gasteiger partial charge is 0.00238 e. The molecular weight excluding hydrogens is 104 g/mol. The summed E-state index contributed by atoms with van der Waals surface area (Å²) in [6, 6.07) is 0. The Morgan fingerprint density at radius 2 is 2.29 bits per heavy atom. The summed E-state index contributed by atoms with van der Waals surface area (Å²) < 4.78 is 0. The quantitative estimate of drug-likeness (QED) is 0.519. The minimum atomic E-state index is 0.664. The van der Waals surface area contributed by atoms with Gasteiger partial charge in [-0.2, -0.15) is 0 Å². The standard InChI is InChI=1S/C6H11S/c1-3-6(2)4-5-7/h4-6H,3H2,1-2H3/b5-4+. The third kappa shape index (κ3) is 3.80. The number of hydrogen-bond acceptors (Lipinski definition) is 0. The molecule has 0 aromatic rings. The molecule has 1 atom stereocenters. The van der Waals surface area contributed by atoms with Gasteiger partial charge >= 0.3 is 0 Å². The molecule has 0 aromatic heterocycles. The van der Waals surface area contributed by atoms with E-state index in [4.69, 9.17) is 0 Å². The molecule has 0 amide bonds. The van der Waals surface area contributed by atoms with Crippen LogP contribution in [0.4, 0.5) is 0 Å². The monoisotopic (exact) mass is 115 g/mol. The second-order valence-electron chi connectivity index (χ2n) is 1.71. The molecule has 1 heteroatoms. The highest BCUT2D eigenvalue weighted by Gasteiger charge is 1.86. The first kappa shape index (κ1) is 6.96. The lowest BCUT2D eigenvalue weighted by atomic mass is 10.1. The van der Waals surface area contributed by atoms with E-state index in [1.807, 2.05) is 6.08 Å². The molecule has 0 heterocycles. The van der Waals surface area contributed by atoms with E-state index in [2.05, 4.69) is 26.5 Å². The summed E-state index contributed by atoms with van der Waals surface area (Å²) in [5.41, 5.74) is 0. The summed E-state index contributed by atoms with van der Waals surface area (Å²) in [5.74, 6) is 0.664. The van der Waals surface area contributed by atoms with Crippen LogP contribution < -0.4 is 0 Å². The summed E-state index contributed by atoms with van der Waals surface area (Å²) >= 11 is 4.61. The molecule has 41 valence electrons. The van der Waals surface area contributed by atoms with Crippen molar-refractivity contribution < 1.29 is 0 Å². The molecule has 0 fully saturated rings. The van der Waals surface area contributed by atoms with Crippen LogP contribution in [0, 0.1) is 5.92 Å². The van der Waals surface area contributed by atoms with Gasteiger partial charge in [-0.3, -0.25) is 0 Å². The lowest BCUT2D eigenvalue weighted by molar-refractivity contribution is 0.699. The normalized spacial score (nSPS) is 15.1. The number of rotatable bonds is 2. The molecule has 1 radical (unpaired) electrons. The van der Waals surface area contributed by atoms with Crippen molar-refractivity contribution in [2.75, 3.05) is 0 Å². The summed E-state index contributed by atoms with van der Waals surface area (Å²) in [5, 5.41) is 1.69. The van der Waals surface area contributed by atoms with Crippen molar-refractivity contribution in [2.24, 2.45) is 5.92 Å². The Bertz CT molecular complexity index is 57.2. The van der Waals surface area contributed by atoms with Crippen LogP contribution in [0.1, 0.15) is 20.3 Å². The van der Waals surface area contributed by atoms with E-state index in [-0.39, 0.29) is 0 Å². The van der Waals surface area contributed by atoms with E-state index >= 15 is 0 Å². The van der Waals surface area contributed by atoms with Crippen molar-refractivity contribution in [2.45, 2.75) is 20.3 Å². The summed E-state index contributed by atoms with van der Waals surface area (Å²) in [6.07, 6.45) is 3.22. The van der Waals surface area contributed by atoms with E-state index in [0.717, 1.165) is 0 Å². The molecule has 1 unspecified atom stereocenters. The van der Waals surface area contributed by atoms with Crippen LogP contribution in [0.25, 0.3) is 0 Å². The molecule has 0 aliphatic rings. The van der Waals surface area contributed by atoms with Gasteiger partial charge in [0.15, 0.2) is 0 Å². The zero-order valence-corrected chi connectivity index (χ0v) is 5.66. The highest BCUT2D eigenvalue weighted by Crippen LogP contribution is 2.01. The minimum Gasteiger partial charge on any atom is -0.0891 e. The summed E-state index contributed by atoms with van der Waals surface area (Å²) in [7, 11) is 0. The third-order valence-corrected chi connectivity index (χ3v) is 1.21. The van der Waals surface area contributed by atoms with E-state index in [9.17, 15) is 0 Å². The van der Waals surface area contributed by atoms with Gasteiger partial charge in [0, 0.05) is 0 Å². The Morgan fingerprint density at radius 3 is 2.43 bits per heavy atom. The Balaban J connectivity index is 3.16. The van der Waals surface area contributed by atoms with Crippen molar-refractivity contribution in [3.63, 3.8) is 0 Å². The fraction of sp³-hybridized carbons (Fsp3) is 0.667. The van der Waals surface area contributed by atoms with Crippen LogP contribution in [0.5, 0.6) is 0 Å². The van der Waals surface area contributed by atoms with Crippen LogP contribution >= 0.6 is 12.6 Å². The maximum Gasteiger partial charge on any atom is -0.00238 e. The van der Waals surface area contributed by atoms with Crippen molar-refractivity contribution in [3.05, 3.63) is 11.5 Å². The first-order valence-electron chi connectivity index (χ1n) is 2.60. The molecule has 0 aromatic carbocycles. The van der Waals surface area contributed by atoms with Gasteiger partial charge in [-0.15, -0.1) is 0 Å². The predicted molar refractivity (Wildman–Crippen MR) is 36.2 cm³/mol. The molecule has 0 aliphatic carbocycles. The van der Waals surface area contributed by atoms with Crippen LogP contribution in [0.3, 0.4) is 0 Å². The predicted octanol–water partition coefficient (Wildman–Crippen LogP) is 2.74. The third-order valence-electron chi connectivity index (χ3n) is 1.05. The zero-order valence-electron chi connectivity index (χ0n) is 4.85. The second kappa shape index (κ2) is 4.13. The Hall–Kier alpha value is -0.0400. The molecule has 0 spiro atoms. The second-order valence-corrected chi connectivity index (χ2v) is 1.99. The summed E-state index contributed by atoms with van der Waals surface area (Å²) in [6.45, 7) is 4.31. The topological polar surface area (TPSA) is 0 Å². The maximum absolute atomic E-state index is 4.61. The van der Waals surface area contributed by atoms with Crippen LogP contribution in [-0.4, -0.2) is 0 Å². The average molecular weight is 115 g/mol. The largest absolute Gasteiger partial charge is 0.0891 e. The van der Waals surface area contributed by atoms with E-state index in [0.29, 0.717) is 5.92 Å². The molecule has 7 heavy (non-hydrogen) atoms. The van der Waals surface area contributed by atoms with Crippen molar-refractivity contribution in [1.29, 1.82) is 0 Å². The fourth-order valence-corrected chi connectivity index (χ4v) is 0.538. The molecule has 0 bridgehead atoms.